The van der Waals surface area contributed by atoms with E-state index in [0.717, 1.165) is 19.2 Å². The number of anilines is 1. The van der Waals surface area contributed by atoms with Crippen molar-refractivity contribution in [1.29, 1.82) is 0 Å². The van der Waals surface area contributed by atoms with Crippen LogP contribution in [-0.2, 0) is 50.2 Å². The van der Waals surface area contributed by atoms with E-state index in [-0.39, 0.29) is 79.7 Å². The Labute approximate surface area is 282 Å². The van der Waals surface area contributed by atoms with Crippen LogP contribution in [0.25, 0.3) is 10.7 Å². The molecule has 2 saturated heterocycles. The van der Waals surface area contributed by atoms with Gasteiger partial charge in [-0.2, -0.15) is 19.4 Å². The third-order valence-electron chi connectivity index (χ3n) is 7.22. The van der Waals surface area contributed by atoms with Crippen LogP contribution in [0.3, 0.4) is 0 Å². The van der Waals surface area contributed by atoms with Gasteiger partial charge in [-0.1, -0.05) is 23.7 Å². The van der Waals surface area contributed by atoms with Crippen LogP contribution < -0.4 is 5.32 Å². The SMILES string of the molecule is C[N-]/C=C(/C#Cc1cncc(C(=O)Nc2ccc(CN3CCN(C)CC3)c(C(F)(F)F)c2)c1)C(=[N-])N1CC(C)OC(C)C1.[Y]. The molecule has 44 heavy (non-hydrogen) atoms. The number of nitrogens with zero attached hydrogens (tertiary/aromatic N) is 6. The zero-order valence-electron chi connectivity index (χ0n) is 25.4. The average Bonchev–Trinajstić information content (AvgIpc) is 2.96. The molecule has 2 atom stereocenters. The first-order chi connectivity index (χ1) is 20.4. The molecule has 1 aromatic heterocycles. The first-order valence-electron chi connectivity index (χ1n) is 14.1. The van der Waals surface area contributed by atoms with E-state index in [4.69, 9.17) is 4.74 Å². The quantitative estimate of drug-likeness (QED) is 0.275. The number of amides is 1. The van der Waals surface area contributed by atoms with Crippen molar-refractivity contribution in [3.05, 3.63) is 81.4 Å². The minimum Gasteiger partial charge on any atom is -0.692 e. The largest absolute Gasteiger partial charge is 0.692 e. The number of carbonyl (C=O) groups excluding carboxylic acids is 1. The fraction of sp³-hybridized carbons (Fsp3) is 0.452. The Kier molecular flexibility index (Phi) is 12.9. The Bertz CT molecular complexity index is 1400. The van der Waals surface area contributed by atoms with E-state index < -0.39 is 17.6 Å². The van der Waals surface area contributed by atoms with Crippen molar-refractivity contribution in [3.63, 3.8) is 0 Å². The summed E-state index contributed by atoms with van der Waals surface area (Å²) in [7, 11) is 3.55. The number of nitrogens with one attached hydrogen (secondary N) is 1. The Balaban J connectivity index is 0.00000529. The van der Waals surface area contributed by atoms with Gasteiger partial charge in [-0.25, -0.2) is 0 Å². The number of ether oxygens (including phenoxy) is 1. The second-order valence-electron chi connectivity index (χ2n) is 10.9. The number of morpholine rings is 1. The summed E-state index contributed by atoms with van der Waals surface area (Å²) in [6, 6.07) is 5.35. The van der Waals surface area contributed by atoms with Gasteiger partial charge in [0.1, 0.15) is 0 Å². The van der Waals surface area contributed by atoms with Crippen LogP contribution >= 0.6 is 0 Å². The summed E-state index contributed by atoms with van der Waals surface area (Å²) >= 11 is 0. The maximum Gasteiger partial charge on any atom is 0.416 e. The summed E-state index contributed by atoms with van der Waals surface area (Å²) in [5.41, 5.74) is 0.205. The standard InChI is InChI=1S/C31H37F3N7O2.Y/c1-21-18-41(19-22(2)43-21)29(35)24(16-36-3)6-5-23-13-26(17-37-15-23)30(42)38-27-8-7-25(28(14-27)31(32,33)34)20-40-11-9-39(4)10-12-40;/h7-8,13-17,21-22H,9-12,18-20H2,1-4H3,(H2-,35,36,38,42);/q-1;/p-1. The fourth-order valence-electron chi connectivity index (χ4n) is 5.07. The van der Waals surface area contributed by atoms with Crippen molar-refractivity contribution in [1.82, 2.24) is 19.7 Å². The molecule has 0 saturated carbocycles. The van der Waals surface area contributed by atoms with Gasteiger partial charge in [0.15, 0.2) is 0 Å². The van der Waals surface area contributed by atoms with E-state index in [0.29, 0.717) is 31.7 Å². The molecule has 3 heterocycles. The summed E-state index contributed by atoms with van der Waals surface area (Å²) in [6.45, 7) is 7.97. The van der Waals surface area contributed by atoms with E-state index >= 15 is 0 Å². The monoisotopic (exact) mass is 684 g/mol. The summed E-state index contributed by atoms with van der Waals surface area (Å²) in [6.07, 6.45) is -0.504. The molecular formula is C31H36F3N7O2Y-2. The number of hydrogen-bond acceptors (Lipinski definition) is 5. The third kappa shape index (κ3) is 9.84. The summed E-state index contributed by atoms with van der Waals surface area (Å²) < 4.78 is 47.6. The zero-order valence-corrected chi connectivity index (χ0v) is 28.2. The van der Waals surface area contributed by atoms with E-state index in [1.807, 2.05) is 25.8 Å². The molecular weight excluding hydrogens is 648 g/mol. The van der Waals surface area contributed by atoms with Crippen LogP contribution in [0.15, 0.2) is 48.4 Å². The summed E-state index contributed by atoms with van der Waals surface area (Å²) in [4.78, 5) is 23.0. The van der Waals surface area contributed by atoms with Gasteiger partial charge in [-0.15, -0.1) is 7.05 Å². The number of alkyl halides is 3. The minimum absolute atomic E-state index is 0. The van der Waals surface area contributed by atoms with Crippen molar-refractivity contribution in [2.24, 2.45) is 0 Å². The van der Waals surface area contributed by atoms with Gasteiger partial charge in [-0.05, 0) is 57.7 Å². The van der Waals surface area contributed by atoms with Gasteiger partial charge in [-0.3, -0.25) is 14.7 Å². The molecule has 1 N–H and O–H groups in total. The predicted molar refractivity (Wildman–Crippen MR) is 161 cm³/mol. The molecule has 2 aliphatic heterocycles. The molecule has 1 radical (unpaired) electrons. The summed E-state index contributed by atoms with van der Waals surface area (Å²) in [5.74, 6) is 5.13. The number of pyridine rings is 1. The van der Waals surface area contributed by atoms with Crippen molar-refractivity contribution < 1.29 is 55.4 Å². The Morgan fingerprint density at radius 1 is 1.16 bits per heavy atom. The zero-order chi connectivity index (χ0) is 31.1. The number of carbonyl (C=O) groups is 1. The van der Waals surface area contributed by atoms with Crippen molar-refractivity contribution >= 4 is 17.4 Å². The number of aromatic nitrogens is 1. The molecule has 9 nitrogen and oxygen atoms in total. The number of benzene rings is 1. The number of likely N-dealkylation sites (N-methyl/N-ethyl adjacent to an activating group) is 1. The molecule has 1 aromatic carbocycles. The van der Waals surface area contributed by atoms with E-state index in [9.17, 15) is 23.4 Å². The molecule has 233 valence electrons. The van der Waals surface area contributed by atoms with Gasteiger partial charge >= 0.3 is 6.18 Å². The first kappa shape index (κ1) is 35.7. The van der Waals surface area contributed by atoms with Crippen LogP contribution in [0.1, 0.15) is 40.9 Å². The molecule has 13 heteroatoms. The van der Waals surface area contributed by atoms with Crippen LogP contribution in [0, 0.1) is 11.8 Å². The fourth-order valence-corrected chi connectivity index (χ4v) is 5.07. The second kappa shape index (κ2) is 16.0. The maximum absolute atomic E-state index is 14.0. The number of halogens is 3. The molecule has 0 aliphatic carbocycles. The van der Waals surface area contributed by atoms with Gasteiger partial charge < -0.3 is 30.6 Å². The second-order valence-corrected chi connectivity index (χ2v) is 10.9. The van der Waals surface area contributed by atoms with Crippen LogP contribution in [0.5, 0.6) is 0 Å². The predicted octanol–water partition coefficient (Wildman–Crippen LogP) is 4.41. The molecule has 4 rings (SSSR count). The molecule has 2 fully saturated rings. The minimum atomic E-state index is -4.57. The molecule has 2 aliphatic rings. The molecule has 2 aromatic rings. The van der Waals surface area contributed by atoms with E-state index in [2.05, 4.69) is 32.4 Å². The first-order valence-corrected chi connectivity index (χ1v) is 14.1. The number of rotatable bonds is 6. The molecule has 0 bridgehead atoms. The molecule has 0 spiro atoms. The average molecular weight is 685 g/mol. The summed E-state index contributed by atoms with van der Waals surface area (Å²) in [5, 5.41) is 17.4. The van der Waals surface area contributed by atoms with Gasteiger partial charge in [0.25, 0.3) is 5.91 Å². The topological polar surface area (TPSA) is 97.3 Å². The van der Waals surface area contributed by atoms with Gasteiger partial charge in [0, 0.05) is 94.7 Å². The number of piperazine rings is 1. The third-order valence-corrected chi connectivity index (χ3v) is 7.22. The Hall–Kier alpha value is -2.82. The number of hydrogen-bond donors (Lipinski definition) is 1. The smallest absolute Gasteiger partial charge is 0.416 e. The van der Waals surface area contributed by atoms with Crippen molar-refractivity contribution in [2.75, 3.05) is 58.7 Å². The Morgan fingerprint density at radius 3 is 2.48 bits per heavy atom. The normalized spacial score (nSPS) is 19.8. The number of amidine groups is 1. The maximum atomic E-state index is 14.0. The van der Waals surface area contributed by atoms with Crippen LogP contribution in [0.2, 0.25) is 0 Å². The van der Waals surface area contributed by atoms with Crippen LogP contribution in [-0.4, -0.2) is 97.0 Å². The van der Waals surface area contributed by atoms with Crippen molar-refractivity contribution in [2.45, 2.75) is 38.8 Å². The molecule has 1 amide bonds. The van der Waals surface area contributed by atoms with E-state index in [1.165, 1.54) is 36.8 Å². The molecule has 2 unspecified atom stereocenters. The van der Waals surface area contributed by atoms with Crippen LogP contribution in [0.4, 0.5) is 18.9 Å². The van der Waals surface area contributed by atoms with Crippen molar-refractivity contribution in [3.8, 4) is 11.8 Å². The van der Waals surface area contributed by atoms with Gasteiger partial charge in [0.05, 0.1) is 23.3 Å². The van der Waals surface area contributed by atoms with E-state index in [1.54, 1.807) is 11.9 Å². The Morgan fingerprint density at radius 2 is 1.84 bits per heavy atom. The van der Waals surface area contributed by atoms with Gasteiger partial charge in [0.2, 0.25) is 0 Å².